The molecule has 0 saturated heterocycles. The van der Waals surface area contributed by atoms with Crippen LogP contribution in [0, 0.1) is 5.92 Å². The van der Waals surface area contributed by atoms with Gasteiger partial charge in [0.15, 0.2) is 5.76 Å². The lowest BCUT2D eigenvalue weighted by Gasteiger charge is -2.27. The smallest absolute Gasteiger partial charge is 0.226 e. The van der Waals surface area contributed by atoms with Gasteiger partial charge in [0.05, 0.1) is 18.7 Å². The van der Waals surface area contributed by atoms with Crippen molar-refractivity contribution in [3.63, 3.8) is 0 Å². The van der Waals surface area contributed by atoms with Crippen molar-refractivity contribution < 1.29 is 23.9 Å². The van der Waals surface area contributed by atoms with Crippen LogP contribution in [0.1, 0.15) is 19.8 Å². The first-order valence-electron chi connectivity index (χ1n) is 6.81. The Bertz CT molecular complexity index is 560. The quantitative estimate of drug-likeness (QED) is 0.401. The van der Waals surface area contributed by atoms with Gasteiger partial charge in [0.25, 0.3) is 0 Å². The molecule has 0 fully saturated rings. The van der Waals surface area contributed by atoms with E-state index >= 15 is 0 Å². The molecular formula is C15H17NO5. The number of unbranched alkanes of at least 4 members (excludes halogenated alkanes) is 1. The minimum Gasteiger partial charge on any atom is -0.493 e. The third-order valence-electron chi connectivity index (χ3n) is 3.94. The van der Waals surface area contributed by atoms with Crippen LogP contribution in [0.5, 0.6) is 0 Å². The first kappa shape index (κ1) is 15.2. The van der Waals surface area contributed by atoms with Gasteiger partial charge in [0.2, 0.25) is 11.6 Å². The number of hydrogen-bond donors (Lipinski definition) is 0. The van der Waals surface area contributed by atoms with Crippen LogP contribution < -0.4 is 0 Å². The van der Waals surface area contributed by atoms with Crippen LogP contribution in [0.25, 0.3) is 0 Å². The lowest BCUT2D eigenvalue weighted by molar-refractivity contribution is -0.119. The molecule has 2 unspecified atom stereocenters. The van der Waals surface area contributed by atoms with Crippen LogP contribution in [-0.2, 0) is 23.9 Å². The number of ether oxygens (including phenoxy) is 1. The average Bonchev–Trinajstić information content (AvgIpc) is 2.76. The number of ketones is 2. The van der Waals surface area contributed by atoms with Gasteiger partial charge in [-0.15, -0.1) is 0 Å². The topological polar surface area (TPSA) is 80.8 Å². The van der Waals surface area contributed by atoms with E-state index in [1.807, 2.05) is 0 Å². The number of nitrogens with zero attached hydrogens (tertiary/aromatic N) is 1. The maximum absolute atomic E-state index is 12.3. The number of rotatable bonds is 6. The van der Waals surface area contributed by atoms with E-state index in [1.54, 1.807) is 11.8 Å². The molecule has 1 heterocycles. The molecule has 2 rings (SSSR count). The lowest BCUT2D eigenvalue weighted by Crippen LogP contribution is -2.34. The molecule has 0 saturated carbocycles. The predicted octanol–water partition coefficient (Wildman–Crippen LogP) is 0.421. The Morgan fingerprint density at radius 3 is 2.62 bits per heavy atom. The van der Waals surface area contributed by atoms with Crippen molar-refractivity contribution >= 4 is 24.1 Å². The minimum atomic E-state index is -0.647. The summed E-state index contributed by atoms with van der Waals surface area (Å²) in [6.07, 6.45) is 3.61. The Hall–Kier alpha value is -2.24. The third kappa shape index (κ3) is 2.41. The van der Waals surface area contributed by atoms with E-state index in [9.17, 15) is 19.2 Å². The molecule has 21 heavy (non-hydrogen) atoms. The molecule has 0 N–H and O–H groups in total. The lowest BCUT2D eigenvalue weighted by atomic mass is 9.89. The zero-order valence-corrected chi connectivity index (χ0v) is 12.0. The second kappa shape index (κ2) is 6.03. The third-order valence-corrected chi connectivity index (χ3v) is 3.94. The highest BCUT2D eigenvalue weighted by atomic mass is 16.5. The second-order valence-corrected chi connectivity index (χ2v) is 5.07. The molecule has 1 aliphatic carbocycles. The standard InChI is InChI=1S/C15H17NO5/c1-9-10(8-18)13-14(16(9)5-3-4-6-17)11(19)7-12(21-2)15(13)20/h6-10H,3-5H2,1-2H3. The summed E-state index contributed by atoms with van der Waals surface area (Å²) in [6, 6.07) is -0.281. The van der Waals surface area contributed by atoms with Crippen LogP contribution >= 0.6 is 0 Å². The molecule has 0 spiro atoms. The first-order valence-corrected chi connectivity index (χ1v) is 6.81. The molecule has 2 atom stereocenters. The summed E-state index contributed by atoms with van der Waals surface area (Å²) in [5, 5.41) is 0. The highest BCUT2D eigenvalue weighted by Gasteiger charge is 2.46. The van der Waals surface area contributed by atoms with Gasteiger partial charge in [-0.3, -0.25) is 9.59 Å². The van der Waals surface area contributed by atoms with Crippen LogP contribution in [0.15, 0.2) is 23.1 Å². The molecule has 6 heteroatoms. The van der Waals surface area contributed by atoms with Crippen LogP contribution in [-0.4, -0.2) is 48.7 Å². The maximum Gasteiger partial charge on any atom is 0.226 e. The number of hydrogen-bond acceptors (Lipinski definition) is 6. The number of carbonyl (C=O) groups excluding carboxylic acids is 4. The second-order valence-electron chi connectivity index (χ2n) is 5.07. The van der Waals surface area contributed by atoms with Crippen LogP contribution in [0.4, 0.5) is 0 Å². The monoisotopic (exact) mass is 291 g/mol. The van der Waals surface area contributed by atoms with Gasteiger partial charge < -0.3 is 19.2 Å². The molecule has 6 nitrogen and oxygen atoms in total. The van der Waals surface area contributed by atoms with E-state index < -0.39 is 11.7 Å². The summed E-state index contributed by atoms with van der Waals surface area (Å²) in [5.74, 6) is -1.42. The van der Waals surface area contributed by atoms with Crippen molar-refractivity contribution in [2.75, 3.05) is 13.7 Å². The molecule has 0 aromatic heterocycles. The van der Waals surface area contributed by atoms with Gasteiger partial charge in [-0.05, 0) is 13.3 Å². The van der Waals surface area contributed by atoms with Crippen molar-refractivity contribution in [3.8, 4) is 0 Å². The SMILES string of the molecule is COC1=CC(=O)C2=C(C1=O)C(C=O)C(C)N2CCCC=O. The fourth-order valence-corrected chi connectivity index (χ4v) is 2.86. The molecule has 1 aliphatic heterocycles. The van der Waals surface area contributed by atoms with Gasteiger partial charge >= 0.3 is 0 Å². The molecular weight excluding hydrogens is 274 g/mol. The Balaban J connectivity index is 2.38. The Kier molecular flexibility index (Phi) is 4.35. The van der Waals surface area contributed by atoms with E-state index in [2.05, 4.69) is 0 Å². The van der Waals surface area contributed by atoms with Gasteiger partial charge in [-0.25, -0.2) is 0 Å². The molecule has 0 radical (unpaired) electrons. The molecule has 0 aromatic rings. The fourth-order valence-electron chi connectivity index (χ4n) is 2.86. The van der Waals surface area contributed by atoms with Crippen molar-refractivity contribution in [2.24, 2.45) is 5.92 Å². The number of carbonyl (C=O) groups is 4. The van der Waals surface area contributed by atoms with Crippen LogP contribution in [0.3, 0.4) is 0 Å². The molecule has 0 aromatic carbocycles. The zero-order chi connectivity index (χ0) is 15.6. The van der Waals surface area contributed by atoms with E-state index in [0.717, 1.165) is 12.4 Å². The number of allylic oxidation sites excluding steroid dienone is 2. The zero-order valence-electron chi connectivity index (χ0n) is 12.0. The highest BCUT2D eigenvalue weighted by Crippen LogP contribution is 2.38. The van der Waals surface area contributed by atoms with Crippen molar-refractivity contribution in [1.29, 1.82) is 0 Å². The van der Waals surface area contributed by atoms with E-state index in [0.29, 0.717) is 25.7 Å². The minimum absolute atomic E-state index is 0.0347. The average molecular weight is 291 g/mol. The number of Topliss-reactive ketones (excluding diaryl/α,β-unsaturated/α-hetero) is 1. The Morgan fingerprint density at radius 1 is 1.33 bits per heavy atom. The number of methoxy groups -OCH3 is 1. The number of aldehydes is 2. The molecule has 0 bridgehead atoms. The largest absolute Gasteiger partial charge is 0.493 e. The van der Waals surface area contributed by atoms with E-state index in [4.69, 9.17) is 4.74 Å². The summed E-state index contributed by atoms with van der Waals surface area (Å²) in [5.41, 5.74) is 0.490. The maximum atomic E-state index is 12.3. The van der Waals surface area contributed by atoms with E-state index in [-0.39, 0.29) is 28.9 Å². The van der Waals surface area contributed by atoms with Crippen molar-refractivity contribution in [1.82, 2.24) is 4.90 Å². The molecule has 0 amide bonds. The normalized spacial score (nSPS) is 24.9. The predicted molar refractivity (Wildman–Crippen MR) is 73.2 cm³/mol. The summed E-state index contributed by atoms with van der Waals surface area (Å²) < 4.78 is 4.92. The highest BCUT2D eigenvalue weighted by molar-refractivity contribution is 6.23. The summed E-state index contributed by atoms with van der Waals surface area (Å²) >= 11 is 0. The molecule has 112 valence electrons. The summed E-state index contributed by atoms with van der Waals surface area (Å²) in [6.45, 7) is 2.25. The van der Waals surface area contributed by atoms with E-state index in [1.165, 1.54) is 7.11 Å². The van der Waals surface area contributed by atoms with Crippen molar-refractivity contribution in [3.05, 3.63) is 23.1 Å². The Labute approximate surface area is 122 Å². The van der Waals surface area contributed by atoms with Crippen LogP contribution in [0.2, 0.25) is 0 Å². The van der Waals surface area contributed by atoms with Gasteiger partial charge in [-0.1, -0.05) is 0 Å². The van der Waals surface area contributed by atoms with Gasteiger partial charge in [0.1, 0.15) is 12.6 Å². The summed E-state index contributed by atoms with van der Waals surface area (Å²) in [7, 11) is 1.32. The van der Waals surface area contributed by atoms with Crippen molar-refractivity contribution in [2.45, 2.75) is 25.8 Å². The van der Waals surface area contributed by atoms with Gasteiger partial charge in [0, 0.05) is 30.7 Å². The summed E-state index contributed by atoms with van der Waals surface area (Å²) in [4.78, 5) is 48.1. The first-order chi connectivity index (χ1) is 10.1. The Morgan fingerprint density at radius 2 is 2.05 bits per heavy atom. The fraction of sp³-hybridized carbons (Fsp3) is 0.467. The van der Waals surface area contributed by atoms with Gasteiger partial charge in [-0.2, -0.15) is 0 Å². The molecule has 2 aliphatic rings.